The Morgan fingerprint density at radius 3 is 2.53 bits per heavy atom. The van der Waals surface area contributed by atoms with Crippen molar-refractivity contribution in [2.45, 2.75) is 40.3 Å². The minimum Gasteiger partial charge on any atom is -0.478 e. The zero-order valence-electron chi connectivity index (χ0n) is 11.6. The summed E-state index contributed by atoms with van der Waals surface area (Å²) in [5, 5.41) is 17.8. The average molecular weight is 262 g/mol. The molecular formula is C13H18N4O2. The van der Waals surface area contributed by atoms with Gasteiger partial charge in [0.25, 0.3) is 0 Å². The number of aromatic nitrogens is 4. The molecule has 0 saturated heterocycles. The number of aromatic carboxylic acids is 1. The van der Waals surface area contributed by atoms with E-state index in [2.05, 4.69) is 24.0 Å². The standard InChI is InChI=1S/C13H18N4O2/c1-8(2)16-6-5-11(15-16)7-17-10(4)12(13(18)19)9(3)14-17/h5-6,8H,7H2,1-4H3,(H,18,19). The molecule has 6 heteroatoms. The molecular weight excluding hydrogens is 244 g/mol. The molecule has 0 aromatic carbocycles. The molecule has 0 amide bonds. The normalized spacial score (nSPS) is 11.2. The number of hydrogen-bond acceptors (Lipinski definition) is 3. The molecule has 0 aliphatic heterocycles. The van der Waals surface area contributed by atoms with E-state index in [1.807, 2.05) is 16.9 Å². The van der Waals surface area contributed by atoms with Crippen LogP contribution >= 0.6 is 0 Å². The number of carboxylic acid groups (broad SMARTS) is 1. The van der Waals surface area contributed by atoms with Crippen LogP contribution in [0.1, 0.15) is 47.3 Å². The monoisotopic (exact) mass is 262 g/mol. The Balaban J connectivity index is 2.28. The van der Waals surface area contributed by atoms with Crippen LogP contribution < -0.4 is 0 Å². The summed E-state index contributed by atoms with van der Waals surface area (Å²) in [6.07, 6.45) is 1.92. The fraction of sp³-hybridized carbons (Fsp3) is 0.462. The quantitative estimate of drug-likeness (QED) is 0.915. The first-order chi connectivity index (χ1) is 8.90. The number of aryl methyl sites for hydroxylation is 1. The summed E-state index contributed by atoms with van der Waals surface area (Å²) in [5.41, 5.74) is 2.34. The van der Waals surface area contributed by atoms with E-state index in [0.29, 0.717) is 24.0 Å². The smallest absolute Gasteiger partial charge is 0.339 e. The number of carbonyl (C=O) groups is 1. The lowest BCUT2D eigenvalue weighted by atomic mass is 10.2. The molecule has 19 heavy (non-hydrogen) atoms. The second kappa shape index (κ2) is 4.87. The molecule has 2 aromatic rings. The maximum Gasteiger partial charge on any atom is 0.339 e. The van der Waals surface area contributed by atoms with Crippen molar-refractivity contribution in [2.24, 2.45) is 0 Å². The summed E-state index contributed by atoms with van der Waals surface area (Å²) in [7, 11) is 0. The van der Waals surface area contributed by atoms with Crippen LogP contribution in [0.2, 0.25) is 0 Å². The molecule has 0 bridgehead atoms. The predicted octanol–water partition coefficient (Wildman–Crippen LogP) is 2.02. The molecule has 0 aliphatic carbocycles. The molecule has 2 aromatic heterocycles. The SMILES string of the molecule is Cc1nn(Cc2ccn(C(C)C)n2)c(C)c1C(=O)O. The first-order valence-electron chi connectivity index (χ1n) is 6.21. The lowest BCUT2D eigenvalue weighted by Crippen LogP contribution is -2.08. The van der Waals surface area contributed by atoms with Crippen LogP contribution in [0.15, 0.2) is 12.3 Å². The minimum absolute atomic E-state index is 0.281. The molecule has 0 saturated carbocycles. The van der Waals surface area contributed by atoms with Crippen molar-refractivity contribution >= 4 is 5.97 Å². The molecule has 6 nitrogen and oxygen atoms in total. The Morgan fingerprint density at radius 2 is 2.05 bits per heavy atom. The van der Waals surface area contributed by atoms with Crippen molar-refractivity contribution in [1.82, 2.24) is 19.6 Å². The van der Waals surface area contributed by atoms with Crippen LogP contribution in [-0.4, -0.2) is 30.6 Å². The maximum atomic E-state index is 11.1. The highest BCUT2D eigenvalue weighted by Gasteiger charge is 2.18. The van der Waals surface area contributed by atoms with Crippen LogP contribution in [0.5, 0.6) is 0 Å². The van der Waals surface area contributed by atoms with Crippen molar-refractivity contribution in [3.63, 3.8) is 0 Å². The second-order valence-corrected chi connectivity index (χ2v) is 4.89. The van der Waals surface area contributed by atoms with Crippen LogP contribution in [0.3, 0.4) is 0 Å². The van der Waals surface area contributed by atoms with Gasteiger partial charge in [0.2, 0.25) is 0 Å². The molecule has 0 radical (unpaired) electrons. The lowest BCUT2D eigenvalue weighted by Gasteiger charge is -2.05. The van der Waals surface area contributed by atoms with Gasteiger partial charge in [-0.25, -0.2) is 4.79 Å². The van der Waals surface area contributed by atoms with Gasteiger partial charge in [0, 0.05) is 12.2 Å². The number of nitrogens with zero attached hydrogens (tertiary/aromatic N) is 4. The molecule has 2 heterocycles. The van der Waals surface area contributed by atoms with Crippen LogP contribution in [-0.2, 0) is 6.54 Å². The average Bonchev–Trinajstić information content (AvgIpc) is 2.85. The largest absolute Gasteiger partial charge is 0.478 e. The molecule has 0 spiro atoms. The van der Waals surface area contributed by atoms with Crippen molar-refractivity contribution < 1.29 is 9.90 Å². The van der Waals surface area contributed by atoms with Crippen molar-refractivity contribution in [1.29, 1.82) is 0 Å². The highest BCUT2D eigenvalue weighted by atomic mass is 16.4. The van der Waals surface area contributed by atoms with Gasteiger partial charge >= 0.3 is 5.97 Å². The van der Waals surface area contributed by atoms with Gasteiger partial charge in [0.05, 0.1) is 23.6 Å². The summed E-state index contributed by atoms with van der Waals surface area (Å²) < 4.78 is 3.56. The van der Waals surface area contributed by atoms with Gasteiger partial charge in [0.15, 0.2) is 0 Å². The Labute approximate surface area is 111 Å². The number of carboxylic acids is 1. The first-order valence-corrected chi connectivity index (χ1v) is 6.21. The molecule has 0 aliphatic rings. The Morgan fingerprint density at radius 1 is 1.37 bits per heavy atom. The van der Waals surface area contributed by atoms with Gasteiger partial charge in [-0.3, -0.25) is 9.36 Å². The minimum atomic E-state index is -0.936. The fourth-order valence-electron chi connectivity index (χ4n) is 2.06. The summed E-state index contributed by atoms with van der Waals surface area (Å²) in [5.74, 6) is -0.936. The topological polar surface area (TPSA) is 72.9 Å². The van der Waals surface area contributed by atoms with Gasteiger partial charge in [0.1, 0.15) is 5.56 Å². The molecule has 102 valence electrons. The molecule has 0 unspecified atom stereocenters. The third-order valence-corrected chi connectivity index (χ3v) is 3.10. The summed E-state index contributed by atoms with van der Waals surface area (Å²) in [6.45, 7) is 8.08. The maximum absolute atomic E-state index is 11.1. The summed E-state index contributed by atoms with van der Waals surface area (Å²) in [6, 6.07) is 2.24. The Hall–Kier alpha value is -2.11. The highest BCUT2D eigenvalue weighted by molar-refractivity contribution is 5.90. The van der Waals surface area contributed by atoms with Gasteiger partial charge in [-0.05, 0) is 33.8 Å². The first kappa shape index (κ1) is 13.3. The number of hydrogen-bond donors (Lipinski definition) is 1. The molecule has 0 fully saturated rings. The predicted molar refractivity (Wildman–Crippen MR) is 70.4 cm³/mol. The van der Waals surface area contributed by atoms with Gasteiger partial charge in [-0.1, -0.05) is 0 Å². The Bertz CT molecular complexity index is 610. The van der Waals surface area contributed by atoms with E-state index in [1.165, 1.54) is 0 Å². The molecule has 1 N–H and O–H groups in total. The van der Waals surface area contributed by atoms with E-state index in [9.17, 15) is 4.79 Å². The second-order valence-electron chi connectivity index (χ2n) is 4.89. The van der Waals surface area contributed by atoms with E-state index in [4.69, 9.17) is 5.11 Å². The van der Waals surface area contributed by atoms with E-state index >= 15 is 0 Å². The third-order valence-electron chi connectivity index (χ3n) is 3.10. The fourth-order valence-corrected chi connectivity index (χ4v) is 2.06. The van der Waals surface area contributed by atoms with E-state index in [-0.39, 0.29) is 5.56 Å². The number of rotatable bonds is 4. The van der Waals surface area contributed by atoms with Crippen LogP contribution in [0.4, 0.5) is 0 Å². The lowest BCUT2D eigenvalue weighted by molar-refractivity contribution is 0.0695. The Kier molecular flexibility index (Phi) is 3.42. The molecule has 2 rings (SSSR count). The van der Waals surface area contributed by atoms with Crippen molar-refractivity contribution in [3.05, 3.63) is 34.9 Å². The van der Waals surface area contributed by atoms with Gasteiger partial charge in [-0.2, -0.15) is 10.2 Å². The highest BCUT2D eigenvalue weighted by Crippen LogP contribution is 2.14. The van der Waals surface area contributed by atoms with Crippen molar-refractivity contribution in [3.8, 4) is 0 Å². The third kappa shape index (κ3) is 2.52. The van der Waals surface area contributed by atoms with E-state index in [0.717, 1.165) is 5.69 Å². The zero-order valence-corrected chi connectivity index (χ0v) is 11.6. The summed E-state index contributed by atoms with van der Waals surface area (Å²) in [4.78, 5) is 11.1. The van der Waals surface area contributed by atoms with E-state index in [1.54, 1.807) is 18.5 Å². The molecule has 0 atom stereocenters. The zero-order chi connectivity index (χ0) is 14.2. The van der Waals surface area contributed by atoms with Crippen LogP contribution in [0, 0.1) is 13.8 Å². The van der Waals surface area contributed by atoms with E-state index < -0.39 is 5.97 Å². The van der Waals surface area contributed by atoms with Crippen LogP contribution in [0.25, 0.3) is 0 Å². The summed E-state index contributed by atoms with van der Waals surface area (Å²) >= 11 is 0. The van der Waals surface area contributed by atoms with Crippen molar-refractivity contribution in [2.75, 3.05) is 0 Å². The van der Waals surface area contributed by atoms with Gasteiger partial charge in [-0.15, -0.1) is 0 Å². The van der Waals surface area contributed by atoms with Gasteiger partial charge < -0.3 is 5.11 Å².